The summed E-state index contributed by atoms with van der Waals surface area (Å²) in [6.45, 7) is 2.14. The molecule has 9 nitrogen and oxygen atoms in total. The highest BCUT2D eigenvalue weighted by molar-refractivity contribution is 7.09. The number of nitrogens with zero attached hydrogens (tertiary/aromatic N) is 2. The van der Waals surface area contributed by atoms with Gasteiger partial charge in [-0.25, -0.2) is 4.98 Å². The lowest BCUT2D eigenvalue weighted by atomic mass is 10.1. The van der Waals surface area contributed by atoms with Crippen LogP contribution in [-0.4, -0.2) is 57.4 Å². The predicted molar refractivity (Wildman–Crippen MR) is 134 cm³/mol. The van der Waals surface area contributed by atoms with Gasteiger partial charge in [-0.3, -0.25) is 14.5 Å². The van der Waals surface area contributed by atoms with Crippen LogP contribution in [0.2, 0.25) is 0 Å². The monoisotopic (exact) mass is 497 g/mol. The Labute approximate surface area is 207 Å². The van der Waals surface area contributed by atoms with Crippen molar-refractivity contribution < 1.29 is 28.5 Å². The molecule has 10 heteroatoms. The fraction of sp³-hybridized carbons (Fsp3) is 0.320. The summed E-state index contributed by atoms with van der Waals surface area (Å²) >= 11 is 1.55. The van der Waals surface area contributed by atoms with E-state index in [0.717, 1.165) is 22.7 Å². The molecule has 1 aromatic heterocycles. The Balaban J connectivity index is 1.58. The van der Waals surface area contributed by atoms with E-state index in [9.17, 15) is 9.59 Å². The Morgan fingerprint density at radius 3 is 2.71 bits per heavy atom. The molecule has 0 spiro atoms. The van der Waals surface area contributed by atoms with Gasteiger partial charge < -0.3 is 24.3 Å². The number of carbonyl (C=O) groups excluding carboxylic acids is 2. The highest BCUT2D eigenvalue weighted by atomic mass is 32.1. The fourth-order valence-corrected chi connectivity index (χ4v) is 4.57. The van der Waals surface area contributed by atoms with Gasteiger partial charge in [0.25, 0.3) is 5.91 Å². The standard InChI is InChI=1S/C25H27N3O6S/c1-15(25(30)26-17-6-8-21(32-3)22(12-17)33-4)28-19-11-16(5-7-20(19)34-13-24(28)29)18-14-35-23(27-18)9-10-31-2/h5-8,11-12,14-15H,9-10,13H2,1-4H3,(H,26,30). The molecule has 0 saturated heterocycles. The van der Waals surface area contributed by atoms with Gasteiger partial charge >= 0.3 is 0 Å². The number of anilines is 2. The van der Waals surface area contributed by atoms with Gasteiger partial charge in [0.15, 0.2) is 18.1 Å². The number of methoxy groups -OCH3 is 3. The highest BCUT2D eigenvalue weighted by Crippen LogP contribution is 2.38. The lowest BCUT2D eigenvalue weighted by molar-refractivity contribution is -0.125. The molecule has 3 aromatic rings. The molecule has 0 bridgehead atoms. The van der Waals surface area contributed by atoms with Gasteiger partial charge in [0.1, 0.15) is 11.8 Å². The number of fused-ring (bicyclic) bond motifs is 1. The molecule has 1 atom stereocenters. The summed E-state index contributed by atoms with van der Waals surface area (Å²) in [6.07, 6.45) is 0.729. The molecule has 0 saturated carbocycles. The van der Waals surface area contributed by atoms with Crippen LogP contribution < -0.4 is 24.4 Å². The van der Waals surface area contributed by atoms with Gasteiger partial charge in [-0.1, -0.05) is 0 Å². The summed E-state index contributed by atoms with van der Waals surface area (Å²) in [6, 6.07) is 9.83. The van der Waals surface area contributed by atoms with Crippen LogP contribution in [0.25, 0.3) is 11.3 Å². The third-order valence-corrected chi connectivity index (χ3v) is 6.53. The number of amides is 2. The summed E-state index contributed by atoms with van der Waals surface area (Å²) in [7, 11) is 4.72. The Hall–Kier alpha value is -3.63. The van der Waals surface area contributed by atoms with Crippen molar-refractivity contribution in [3.8, 4) is 28.5 Å². The van der Waals surface area contributed by atoms with E-state index in [0.29, 0.717) is 35.2 Å². The van der Waals surface area contributed by atoms with Crippen LogP contribution >= 0.6 is 11.3 Å². The first-order valence-corrected chi connectivity index (χ1v) is 11.9. The molecule has 2 amide bonds. The van der Waals surface area contributed by atoms with Crippen molar-refractivity contribution in [3.05, 3.63) is 46.8 Å². The van der Waals surface area contributed by atoms with Crippen LogP contribution in [0.15, 0.2) is 41.8 Å². The third kappa shape index (κ3) is 5.23. The number of aromatic nitrogens is 1. The Kier molecular flexibility index (Phi) is 7.52. The van der Waals surface area contributed by atoms with E-state index in [4.69, 9.17) is 18.9 Å². The topological polar surface area (TPSA) is 99.2 Å². The van der Waals surface area contributed by atoms with Gasteiger partial charge in [-0.05, 0) is 37.3 Å². The molecule has 0 radical (unpaired) electrons. The smallest absolute Gasteiger partial charge is 0.265 e. The van der Waals surface area contributed by atoms with Gasteiger partial charge in [0.2, 0.25) is 5.91 Å². The minimum atomic E-state index is -0.791. The molecule has 1 aliphatic heterocycles. The zero-order valence-corrected chi connectivity index (χ0v) is 20.8. The molecule has 0 aliphatic carbocycles. The first-order valence-electron chi connectivity index (χ1n) is 11.0. The summed E-state index contributed by atoms with van der Waals surface area (Å²) in [5, 5.41) is 5.79. The Morgan fingerprint density at radius 1 is 1.17 bits per heavy atom. The SMILES string of the molecule is COCCc1nc(-c2ccc3c(c2)N(C(C)C(=O)Nc2ccc(OC)c(OC)c2)C(=O)CO3)cs1. The van der Waals surface area contributed by atoms with Crippen LogP contribution in [0.1, 0.15) is 11.9 Å². The van der Waals surface area contributed by atoms with E-state index in [1.165, 1.54) is 12.0 Å². The van der Waals surface area contributed by atoms with Crippen molar-refractivity contribution in [2.45, 2.75) is 19.4 Å². The molecule has 1 aliphatic rings. The second-order valence-electron chi connectivity index (χ2n) is 7.84. The number of benzene rings is 2. The zero-order valence-electron chi connectivity index (χ0n) is 20.0. The van der Waals surface area contributed by atoms with Crippen molar-refractivity contribution in [1.29, 1.82) is 0 Å². The van der Waals surface area contributed by atoms with E-state index < -0.39 is 6.04 Å². The number of hydrogen-bond acceptors (Lipinski definition) is 8. The van der Waals surface area contributed by atoms with Crippen LogP contribution in [-0.2, 0) is 20.7 Å². The van der Waals surface area contributed by atoms with Crippen molar-refractivity contribution in [2.75, 3.05) is 44.8 Å². The molecule has 184 valence electrons. The van der Waals surface area contributed by atoms with Gasteiger partial charge in [-0.2, -0.15) is 0 Å². The summed E-state index contributed by atoms with van der Waals surface area (Å²) in [4.78, 5) is 32.1. The Morgan fingerprint density at radius 2 is 1.97 bits per heavy atom. The summed E-state index contributed by atoms with van der Waals surface area (Å²) in [5.41, 5.74) is 2.68. The van der Waals surface area contributed by atoms with Crippen LogP contribution in [0.4, 0.5) is 11.4 Å². The number of carbonyl (C=O) groups is 2. The van der Waals surface area contributed by atoms with E-state index in [-0.39, 0.29) is 18.4 Å². The number of rotatable bonds is 9. The van der Waals surface area contributed by atoms with E-state index >= 15 is 0 Å². The maximum Gasteiger partial charge on any atom is 0.265 e. The van der Waals surface area contributed by atoms with Crippen molar-refractivity contribution in [2.24, 2.45) is 0 Å². The van der Waals surface area contributed by atoms with Crippen molar-refractivity contribution in [3.63, 3.8) is 0 Å². The molecule has 1 N–H and O–H groups in total. The lowest BCUT2D eigenvalue weighted by Crippen LogP contribution is -2.49. The minimum absolute atomic E-state index is 0.141. The molecule has 1 unspecified atom stereocenters. The quantitative estimate of drug-likeness (QED) is 0.480. The summed E-state index contributed by atoms with van der Waals surface area (Å²) < 4.78 is 21.3. The average Bonchev–Trinajstić information content (AvgIpc) is 3.35. The van der Waals surface area contributed by atoms with Crippen molar-refractivity contribution in [1.82, 2.24) is 4.98 Å². The third-order valence-electron chi connectivity index (χ3n) is 5.62. The first kappa shape index (κ1) is 24.5. The largest absolute Gasteiger partial charge is 0.493 e. The second-order valence-corrected chi connectivity index (χ2v) is 8.78. The number of thiazole rings is 1. The highest BCUT2D eigenvalue weighted by Gasteiger charge is 2.33. The van der Waals surface area contributed by atoms with Crippen LogP contribution in [0.3, 0.4) is 0 Å². The van der Waals surface area contributed by atoms with E-state index in [2.05, 4.69) is 10.3 Å². The molecule has 0 fully saturated rings. The minimum Gasteiger partial charge on any atom is -0.493 e. The molecular weight excluding hydrogens is 470 g/mol. The maximum atomic E-state index is 13.1. The molecule has 35 heavy (non-hydrogen) atoms. The van der Waals surface area contributed by atoms with E-state index in [1.807, 2.05) is 17.5 Å². The molecule has 2 aromatic carbocycles. The lowest BCUT2D eigenvalue weighted by Gasteiger charge is -2.33. The molecule has 4 rings (SSSR count). The second kappa shape index (κ2) is 10.7. The molecule has 2 heterocycles. The van der Waals surface area contributed by atoms with Gasteiger partial charge in [0.05, 0.1) is 37.2 Å². The zero-order chi connectivity index (χ0) is 24.9. The summed E-state index contributed by atoms with van der Waals surface area (Å²) in [5.74, 6) is 0.927. The first-order chi connectivity index (χ1) is 16.9. The van der Waals surface area contributed by atoms with E-state index in [1.54, 1.807) is 56.7 Å². The fourth-order valence-electron chi connectivity index (χ4n) is 3.78. The van der Waals surface area contributed by atoms with Gasteiger partial charge in [0, 0.05) is 36.2 Å². The Bertz CT molecular complexity index is 1230. The van der Waals surface area contributed by atoms with Crippen LogP contribution in [0, 0.1) is 0 Å². The average molecular weight is 498 g/mol. The van der Waals surface area contributed by atoms with Crippen molar-refractivity contribution >= 4 is 34.5 Å². The molecular formula is C25H27N3O6S. The van der Waals surface area contributed by atoms with Gasteiger partial charge in [-0.15, -0.1) is 11.3 Å². The van der Waals surface area contributed by atoms with Crippen LogP contribution in [0.5, 0.6) is 17.2 Å². The number of nitrogens with one attached hydrogen (secondary N) is 1. The normalized spacial score (nSPS) is 13.6. The number of hydrogen-bond donors (Lipinski definition) is 1. The number of ether oxygens (including phenoxy) is 4. The maximum absolute atomic E-state index is 13.1. The predicted octanol–water partition coefficient (Wildman–Crippen LogP) is 3.77.